The van der Waals surface area contributed by atoms with E-state index in [1.54, 1.807) is 14.2 Å². The fourth-order valence-corrected chi connectivity index (χ4v) is 1.65. The zero-order valence-electron chi connectivity index (χ0n) is 12.0. The van der Waals surface area contributed by atoms with Gasteiger partial charge in [0, 0.05) is 12.6 Å². The Hall–Kier alpha value is -1.46. The third-order valence-electron chi connectivity index (χ3n) is 2.57. The van der Waals surface area contributed by atoms with Gasteiger partial charge in [-0.3, -0.25) is 0 Å². The zero-order valence-corrected chi connectivity index (χ0v) is 12.0. The molecule has 1 rings (SSSR count). The van der Waals surface area contributed by atoms with E-state index >= 15 is 0 Å². The lowest BCUT2D eigenvalue weighted by Gasteiger charge is -2.16. The number of hydrogen-bond donors (Lipinski definition) is 2. The van der Waals surface area contributed by atoms with Gasteiger partial charge in [-0.2, -0.15) is 0 Å². The zero-order chi connectivity index (χ0) is 14.3. The van der Waals surface area contributed by atoms with Crippen molar-refractivity contribution in [2.45, 2.75) is 26.4 Å². The first-order valence-corrected chi connectivity index (χ1v) is 6.34. The van der Waals surface area contributed by atoms with Crippen LogP contribution in [0, 0.1) is 0 Å². The summed E-state index contributed by atoms with van der Waals surface area (Å²) in [5, 5.41) is 12.2. The minimum Gasteiger partial charge on any atom is -0.493 e. The number of hydrogen-bond acceptors (Lipinski definition) is 5. The molecule has 0 saturated carbocycles. The Bertz CT molecular complexity index is 368. The number of methoxy groups -OCH3 is 2. The summed E-state index contributed by atoms with van der Waals surface area (Å²) >= 11 is 0. The summed E-state index contributed by atoms with van der Waals surface area (Å²) in [7, 11) is 3.17. The molecule has 108 valence electrons. The third kappa shape index (κ3) is 4.61. The van der Waals surface area contributed by atoms with Gasteiger partial charge >= 0.3 is 0 Å². The molecule has 0 radical (unpaired) electrons. The molecule has 0 aliphatic carbocycles. The van der Waals surface area contributed by atoms with Gasteiger partial charge in [0.05, 0.1) is 20.8 Å². The molecule has 0 saturated heterocycles. The van der Waals surface area contributed by atoms with Crippen LogP contribution in [0.25, 0.3) is 0 Å². The van der Waals surface area contributed by atoms with Crippen LogP contribution >= 0.6 is 0 Å². The molecule has 0 aromatic heterocycles. The molecule has 0 heterocycles. The van der Waals surface area contributed by atoms with Crippen LogP contribution in [0.3, 0.4) is 0 Å². The standard InChI is InChI=1S/C14H23NO4/c1-10(2)15-9-11-7-12(17-3)14(19-6-5-16)13(8-11)18-4/h7-8,10,15-16H,5-6,9H2,1-4H3. The number of benzene rings is 1. The van der Waals surface area contributed by atoms with Crippen molar-refractivity contribution >= 4 is 0 Å². The molecule has 19 heavy (non-hydrogen) atoms. The second kappa shape index (κ2) is 7.86. The van der Waals surface area contributed by atoms with E-state index < -0.39 is 0 Å². The Morgan fingerprint density at radius 2 is 1.74 bits per heavy atom. The van der Waals surface area contributed by atoms with E-state index in [0.717, 1.165) is 12.1 Å². The summed E-state index contributed by atoms with van der Waals surface area (Å²) in [4.78, 5) is 0. The van der Waals surface area contributed by atoms with Crippen molar-refractivity contribution in [2.75, 3.05) is 27.4 Å². The van der Waals surface area contributed by atoms with Gasteiger partial charge in [0.2, 0.25) is 5.75 Å². The molecular formula is C14H23NO4. The van der Waals surface area contributed by atoms with Crippen molar-refractivity contribution in [1.82, 2.24) is 5.32 Å². The van der Waals surface area contributed by atoms with Gasteiger partial charge in [-0.15, -0.1) is 0 Å². The van der Waals surface area contributed by atoms with Crippen molar-refractivity contribution in [1.29, 1.82) is 0 Å². The van der Waals surface area contributed by atoms with Crippen LogP contribution in [-0.2, 0) is 6.54 Å². The molecule has 0 atom stereocenters. The largest absolute Gasteiger partial charge is 0.493 e. The van der Waals surface area contributed by atoms with Crippen molar-refractivity contribution in [3.05, 3.63) is 17.7 Å². The highest BCUT2D eigenvalue weighted by Crippen LogP contribution is 2.38. The Balaban J connectivity index is 2.98. The molecular weight excluding hydrogens is 246 g/mol. The predicted molar refractivity (Wildman–Crippen MR) is 74.1 cm³/mol. The summed E-state index contributed by atoms with van der Waals surface area (Å²) in [5.74, 6) is 1.73. The fourth-order valence-electron chi connectivity index (χ4n) is 1.65. The van der Waals surface area contributed by atoms with Crippen LogP contribution in [0.15, 0.2) is 12.1 Å². The smallest absolute Gasteiger partial charge is 0.203 e. The highest BCUT2D eigenvalue weighted by Gasteiger charge is 2.14. The summed E-state index contributed by atoms with van der Waals surface area (Å²) < 4.78 is 16.1. The average molecular weight is 269 g/mol. The lowest BCUT2D eigenvalue weighted by Crippen LogP contribution is -2.21. The van der Waals surface area contributed by atoms with Crippen LogP contribution in [0.4, 0.5) is 0 Å². The van der Waals surface area contributed by atoms with Crippen molar-refractivity contribution in [3.63, 3.8) is 0 Å². The van der Waals surface area contributed by atoms with Gasteiger partial charge in [-0.05, 0) is 17.7 Å². The SMILES string of the molecule is COc1cc(CNC(C)C)cc(OC)c1OCCO. The van der Waals surface area contributed by atoms with Crippen molar-refractivity contribution < 1.29 is 19.3 Å². The highest BCUT2D eigenvalue weighted by molar-refractivity contribution is 5.53. The first-order chi connectivity index (χ1) is 9.12. The van der Waals surface area contributed by atoms with Crippen LogP contribution in [0.2, 0.25) is 0 Å². The first-order valence-electron chi connectivity index (χ1n) is 6.34. The van der Waals surface area contributed by atoms with Gasteiger partial charge in [0.15, 0.2) is 11.5 Å². The van der Waals surface area contributed by atoms with Crippen LogP contribution < -0.4 is 19.5 Å². The highest BCUT2D eigenvalue weighted by atomic mass is 16.5. The maximum absolute atomic E-state index is 8.84. The molecule has 1 aromatic carbocycles. The molecule has 0 aliphatic heterocycles. The maximum Gasteiger partial charge on any atom is 0.203 e. The lowest BCUT2D eigenvalue weighted by molar-refractivity contribution is 0.191. The van der Waals surface area contributed by atoms with Gasteiger partial charge < -0.3 is 24.6 Å². The lowest BCUT2D eigenvalue weighted by atomic mass is 10.1. The predicted octanol–water partition coefficient (Wildman–Crippen LogP) is 1.57. The second-order valence-corrected chi connectivity index (χ2v) is 4.44. The molecule has 0 aliphatic rings. The van der Waals surface area contributed by atoms with E-state index in [2.05, 4.69) is 19.2 Å². The van der Waals surface area contributed by atoms with E-state index in [0.29, 0.717) is 23.3 Å². The summed E-state index contributed by atoms with van der Waals surface area (Å²) in [6.07, 6.45) is 0. The fraction of sp³-hybridized carbons (Fsp3) is 0.571. The van der Waals surface area contributed by atoms with Crippen LogP contribution in [0.1, 0.15) is 19.4 Å². The molecule has 0 fully saturated rings. The molecule has 5 heteroatoms. The number of rotatable bonds is 8. The monoisotopic (exact) mass is 269 g/mol. The Morgan fingerprint density at radius 3 is 2.16 bits per heavy atom. The maximum atomic E-state index is 8.84. The number of nitrogens with one attached hydrogen (secondary N) is 1. The van der Waals surface area contributed by atoms with E-state index in [4.69, 9.17) is 19.3 Å². The first kappa shape index (κ1) is 15.6. The van der Waals surface area contributed by atoms with E-state index in [-0.39, 0.29) is 13.2 Å². The number of aliphatic hydroxyl groups is 1. The normalized spacial score (nSPS) is 10.6. The minimum absolute atomic E-state index is 0.0526. The van der Waals surface area contributed by atoms with Gasteiger partial charge in [0.25, 0.3) is 0 Å². The Kier molecular flexibility index (Phi) is 6.45. The second-order valence-electron chi connectivity index (χ2n) is 4.44. The van der Waals surface area contributed by atoms with Crippen LogP contribution in [0.5, 0.6) is 17.2 Å². The Labute approximate surface area is 114 Å². The van der Waals surface area contributed by atoms with Crippen molar-refractivity contribution in [3.8, 4) is 17.2 Å². The van der Waals surface area contributed by atoms with Gasteiger partial charge in [0.1, 0.15) is 6.61 Å². The topological polar surface area (TPSA) is 60.0 Å². The average Bonchev–Trinajstić information content (AvgIpc) is 2.42. The molecule has 2 N–H and O–H groups in total. The summed E-state index contributed by atoms with van der Waals surface area (Å²) in [5.41, 5.74) is 1.05. The van der Waals surface area contributed by atoms with E-state index in [1.807, 2.05) is 12.1 Å². The van der Waals surface area contributed by atoms with E-state index in [1.165, 1.54) is 0 Å². The molecule has 0 bridgehead atoms. The quantitative estimate of drug-likeness (QED) is 0.750. The van der Waals surface area contributed by atoms with Crippen molar-refractivity contribution in [2.24, 2.45) is 0 Å². The molecule has 5 nitrogen and oxygen atoms in total. The number of aliphatic hydroxyl groups excluding tert-OH is 1. The van der Waals surface area contributed by atoms with Gasteiger partial charge in [-0.1, -0.05) is 13.8 Å². The minimum atomic E-state index is -0.0526. The molecule has 0 spiro atoms. The Morgan fingerprint density at radius 1 is 1.16 bits per heavy atom. The molecule has 0 unspecified atom stereocenters. The van der Waals surface area contributed by atoms with Gasteiger partial charge in [-0.25, -0.2) is 0 Å². The molecule has 1 aromatic rings. The van der Waals surface area contributed by atoms with Crippen LogP contribution in [-0.4, -0.2) is 38.6 Å². The summed E-state index contributed by atoms with van der Waals surface area (Å²) in [6.45, 7) is 5.06. The third-order valence-corrected chi connectivity index (χ3v) is 2.57. The molecule has 0 amide bonds. The number of ether oxygens (including phenoxy) is 3. The summed E-state index contributed by atoms with van der Waals surface area (Å²) in [6, 6.07) is 4.22. The van der Waals surface area contributed by atoms with E-state index in [9.17, 15) is 0 Å².